The number of carbonyl (C=O) groups is 3. The van der Waals surface area contributed by atoms with Crippen LogP contribution in [-0.4, -0.2) is 69.5 Å². The van der Waals surface area contributed by atoms with Crippen molar-refractivity contribution >= 4 is 17.8 Å². The Balaban J connectivity index is 1.67. The molecule has 2 aromatic rings. The number of amides is 4. The predicted octanol–water partition coefficient (Wildman–Crippen LogP) is 3.37. The average molecular weight is 496 g/mol. The van der Waals surface area contributed by atoms with Crippen LogP contribution in [0.15, 0.2) is 54.6 Å². The summed E-state index contributed by atoms with van der Waals surface area (Å²) in [6, 6.07) is 14.3. The second kappa shape index (κ2) is 10.7. The first-order valence-corrected chi connectivity index (χ1v) is 12.5. The monoisotopic (exact) mass is 495 g/mol. The van der Waals surface area contributed by atoms with Crippen LogP contribution in [0.25, 0.3) is 0 Å². The van der Waals surface area contributed by atoms with E-state index in [2.05, 4.69) is 5.32 Å². The number of nitrogens with zero attached hydrogens (tertiary/aromatic N) is 4. The molecule has 4 rings (SSSR count). The largest absolute Gasteiger partial charge is 0.334 e. The molecular weight excluding hydrogens is 461 g/mol. The first-order chi connectivity index (χ1) is 17.2. The molecule has 2 heterocycles. The van der Waals surface area contributed by atoms with Gasteiger partial charge in [-0.15, -0.1) is 0 Å². The van der Waals surface area contributed by atoms with Crippen molar-refractivity contribution in [1.82, 2.24) is 25.1 Å². The summed E-state index contributed by atoms with van der Waals surface area (Å²) in [6.45, 7) is 8.58. The van der Waals surface area contributed by atoms with Gasteiger partial charge in [-0.05, 0) is 36.1 Å². The van der Waals surface area contributed by atoms with Gasteiger partial charge >= 0.3 is 6.03 Å². The van der Waals surface area contributed by atoms with Gasteiger partial charge in [-0.25, -0.2) is 19.2 Å². The van der Waals surface area contributed by atoms with Gasteiger partial charge in [0.15, 0.2) is 0 Å². The van der Waals surface area contributed by atoms with Crippen molar-refractivity contribution in [1.29, 1.82) is 0 Å². The molecule has 2 aliphatic heterocycles. The van der Waals surface area contributed by atoms with E-state index < -0.39 is 12.2 Å². The molecule has 0 saturated carbocycles. The highest BCUT2D eigenvalue weighted by atomic mass is 19.1. The molecule has 36 heavy (non-hydrogen) atoms. The molecule has 0 aliphatic carbocycles. The molecule has 3 atom stereocenters. The van der Waals surface area contributed by atoms with Crippen molar-refractivity contribution < 1.29 is 18.8 Å². The second-order valence-corrected chi connectivity index (χ2v) is 9.66. The lowest BCUT2D eigenvalue weighted by atomic mass is 9.94. The first kappa shape index (κ1) is 25.6. The number of likely N-dealkylation sites (N-methyl/N-ethyl adjacent to an activating group) is 1. The van der Waals surface area contributed by atoms with Gasteiger partial charge in [0.1, 0.15) is 18.0 Å². The van der Waals surface area contributed by atoms with Crippen LogP contribution < -0.4 is 5.32 Å². The van der Waals surface area contributed by atoms with Gasteiger partial charge in [0, 0.05) is 13.1 Å². The molecule has 1 N–H and O–H groups in total. The van der Waals surface area contributed by atoms with Gasteiger partial charge in [-0.2, -0.15) is 0 Å². The first-order valence-electron chi connectivity index (χ1n) is 12.5. The maximum absolute atomic E-state index is 13.7. The SMILES string of the molecule is CCN1CC(=O)N2[C@@H](C(C)C)C(=O)N(C(C)c3ccc(F)cc3)C[C@@H]2N1C(=O)NCc1ccccc1. The maximum Gasteiger partial charge on any atom is 0.334 e. The molecule has 2 saturated heterocycles. The van der Waals surface area contributed by atoms with Crippen LogP contribution in [0.3, 0.4) is 0 Å². The third-order valence-corrected chi connectivity index (χ3v) is 7.02. The summed E-state index contributed by atoms with van der Waals surface area (Å²) in [5.74, 6) is -0.842. The fraction of sp³-hybridized carbons (Fsp3) is 0.444. The summed E-state index contributed by atoms with van der Waals surface area (Å²) >= 11 is 0. The van der Waals surface area contributed by atoms with Crippen molar-refractivity contribution in [3.63, 3.8) is 0 Å². The third kappa shape index (κ3) is 4.93. The zero-order valence-electron chi connectivity index (χ0n) is 21.2. The number of rotatable bonds is 6. The van der Waals surface area contributed by atoms with E-state index in [0.717, 1.165) is 11.1 Å². The number of halogens is 1. The molecule has 8 nitrogen and oxygen atoms in total. The molecule has 4 amide bonds. The Hall–Kier alpha value is -3.46. The number of hydrogen-bond acceptors (Lipinski definition) is 4. The average Bonchev–Trinajstić information content (AvgIpc) is 2.87. The summed E-state index contributed by atoms with van der Waals surface area (Å²) < 4.78 is 13.5. The normalized spacial score (nSPS) is 21.6. The molecule has 1 unspecified atom stereocenters. The van der Waals surface area contributed by atoms with Gasteiger partial charge < -0.3 is 15.1 Å². The van der Waals surface area contributed by atoms with Crippen LogP contribution >= 0.6 is 0 Å². The number of fused-ring (bicyclic) bond motifs is 1. The Morgan fingerprint density at radius 2 is 1.72 bits per heavy atom. The highest BCUT2D eigenvalue weighted by Crippen LogP contribution is 2.33. The quantitative estimate of drug-likeness (QED) is 0.667. The lowest BCUT2D eigenvalue weighted by Crippen LogP contribution is -2.77. The van der Waals surface area contributed by atoms with E-state index >= 15 is 0 Å². The number of benzene rings is 2. The number of piperazine rings is 1. The zero-order chi connectivity index (χ0) is 26.0. The summed E-state index contributed by atoms with van der Waals surface area (Å²) in [4.78, 5) is 43.9. The maximum atomic E-state index is 13.7. The highest BCUT2D eigenvalue weighted by molar-refractivity contribution is 5.92. The molecule has 2 aromatic carbocycles. The Bertz CT molecular complexity index is 1090. The Morgan fingerprint density at radius 1 is 1.06 bits per heavy atom. The fourth-order valence-electron chi connectivity index (χ4n) is 5.11. The van der Waals surface area contributed by atoms with E-state index in [1.807, 2.05) is 58.0 Å². The summed E-state index contributed by atoms with van der Waals surface area (Å²) in [5.41, 5.74) is 1.75. The van der Waals surface area contributed by atoms with Crippen molar-refractivity contribution in [3.05, 3.63) is 71.5 Å². The van der Waals surface area contributed by atoms with Crippen molar-refractivity contribution in [3.8, 4) is 0 Å². The van der Waals surface area contributed by atoms with Crippen LogP contribution in [-0.2, 0) is 16.1 Å². The van der Waals surface area contributed by atoms with E-state index in [4.69, 9.17) is 0 Å². The van der Waals surface area contributed by atoms with Gasteiger partial charge in [-0.1, -0.05) is 63.2 Å². The van der Waals surface area contributed by atoms with E-state index in [1.165, 1.54) is 12.1 Å². The Labute approximate surface area is 211 Å². The van der Waals surface area contributed by atoms with E-state index in [-0.39, 0.29) is 48.7 Å². The lowest BCUT2D eigenvalue weighted by molar-refractivity contribution is -0.194. The standard InChI is InChI=1S/C27H34FN5O3/c1-5-30-17-24(34)32-23(33(30)27(36)29-15-20-9-7-6-8-10-20)16-31(26(35)25(32)18(2)3)19(4)21-11-13-22(28)14-12-21/h6-14,18-19,23,25H,5,15-17H2,1-4H3,(H,29,36)/t19?,23-,25-/m0/s1. The van der Waals surface area contributed by atoms with Crippen molar-refractivity contribution in [2.45, 2.75) is 52.5 Å². The number of nitrogens with one attached hydrogen (secondary N) is 1. The van der Waals surface area contributed by atoms with E-state index in [0.29, 0.717) is 13.1 Å². The lowest BCUT2D eigenvalue weighted by Gasteiger charge is -2.56. The molecule has 2 fully saturated rings. The summed E-state index contributed by atoms with van der Waals surface area (Å²) in [6.07, 6.45) is -0.657. The van der Waals surface area contributed by atoms with Crippen molar-refractivity contribution in [2.75, 3.05) is 19.6 Å². The van der Waals surface area contributed by atoms with Crippen LogP contribution in [0.1, 0.15) is 44.9 Å². The minimum absolute atomic E-state index is 0.0236. The molecule has 0 bridgehead atoms. The number of urea groups is 1. The summed E-state index contributed by atoms with van der Waals surface area (Å²) in [5, 5.41) is 6.31. The molecule has 9 heteroatoms. The molecule has 0 spiro atoms. The fourth-order valence-corrected chi connectivity index (χ4v) is 5.11. The van der Waals surface area contributed by atoms with E-state index in [9.17, 15) is 18.8 Å². The zero-order valence-corrected chi connectivity index (χ0v) is 21.2. The van der Waals surface area contributed by atoms with Crippen LogP contribution in [0.5, 0.6) is 0 Å². The number of hydrogen-bond donors (Lipinski definition) is 1. The highest BCUT2D eigenvalue weighted by Gasteiger charge is 2.52. The number of hydrazine groups is 1. The molecule has 0 aromatic heterocycles. The molecule has 2 aliphatic rings. The second-order valence-electron chi connectivity index (χ2n) is 9.66. The van der Waals surface area contributed by atoms with Gasteiger partial charge in [0.2, 0.25) is 11.8 Å². The van der Waals surface area contributed by atoms with E-state index in [1.54, 1.807) is 32.0 Å². The van der Waals surface area contributed by atoms with Crippen molar-refractivity contribution in [2.24, 2.45) is 5.92 Å². The Morgan fingerprint density at radius 3 is 2.33 bits per heavy atom. The minimum atomic E-state index is -0.706. The van der Waals surface area contributed by atoms with Gasteiger partial charge in [0.05, 0.1) is 19.1 Å². The van der Waals surface area contributed by atoms with Gasteiger partial charge in [-0.3, -0.25) is 9.59 Å². The Kier molecular flexibility index (Phi) is 7.59. The molecule has 192 valence electrons. The van der Waals surface area contributed by atoms with Crippen LogP contribution in [0, 0.1) is 11.7 Å². The van der Waals surface area contributed by atoms with Crippen LogP contribution in [0.4, 0.5) is 9.18 Å². The summed E-state index contributed by atoms with van der Waals surface area (Å²) in [7, 11) is 0. The molecular formula is C27H34FN5O3. The van der Waals surface area contributed by atoms with Gasteiger partial charge in [0.25, 0.3) is 0 Å². The third-order valence-electron chi connectivity index (χ3n) is 7.02. The number of carbonyl (C=O) groups excluding carboxylic acids is 3. The topological polar surface area (TPSA) is 76.2 Å². The van der Waals surface area contributed by atoms with Crippen LogP contribution in [0.2, 0.25) is 0 Å². The molecule has 0 radical (unpaired) electrons. The minimum Gasteiger partial charge on any atom is -0.333 e. The smallest absolute Gasteiger partial charge is 0.333 e. The predicted molar refractivity (Wildman–Crippen MR) is 134 cm³/mol.